The summed E-state index contributed by atoms with van der Waals surface area (Å²) < 4.78 is 7.96. The van der Waals surface area contributed by atoms with Gasteiger partial charge < -0.3 is 14.2 Å². The summed E-state index contributed by atoms with van der Waals surface area (Å²) in [6.45, 7) is 4.30. The van der Waals surface area contributed by atoms with Crippen LogP contribution in [0.25, 0.3) is 0 Å². The van der Waals surface area contributed by atoms with E-state index in [0.717, 1.165) is 35.5 Å². The lowest BCUT2D eigenvalue weighted by molar-refractivity contribution is 0.0438. The molecule has 2 fully saturated rings. The molecule has 3 aromatic rings. The fourth-order valence-corrected chi connectivity index (χ4v) is 4.85. The Labute approximate surface area is 193 Å². The van der Waals surface area contributed by atoms with E-state index in [1.54, 1.807) is 11.1 Å². The minimum absolute atomic E-state index is 0.0321. The van der Waals surface area contributed by atoms with Crippen molar-refractivity contribution in [2.24, 2.45) is 0 Å². The predicted molar refractivity (Wildman–Crippen MR) is 125 cm³/mol. The van der Waals surface area contributed by atoms with Crippen LogP contribution >= 0.6 is 0 Å². The number of ether oxygens (including phenoxy) is 1. The summed E-state index contributed by atoms with van der Waals surface area (Å²) in [5, 5.41) is 0. The van der Waals surface area contributed by atoms with Crippen LogP contribution in [-0.4, -0.2) is 51.7 Å². The molecule has 2 aliphatic rings. The number of hydrogen-bond acceptors (Lipinski definition) is 4. The van der Waals surface area contributed by atoms with Crippen molar-refractivity contribution in [3.63, 3.8) is 0 Å². The summed E-state index contributed by atoms with van der Waals surface area (Å²) in [5.74, 6) is 0.949. The molecule has 0 aliphatic carbocycles. The third kappa shape index (κ3) is 4.23. The largest absolute Gasteiger partial charge is 0.441 e. The molecule has 2 aliphatic heterocycles. The van der Waals surface area contributed by atoms with Crippen molar-refractivity contribution < 1.29 is 14.3 Å². The maximum atomic E-state index is 13.5. The van der Waals surface area contributed by atoms with Crippen LogP contribution < -0.4 is 4.90 Å². The smallest absolute Gasteiger partial charge is 0.415 e. The van der Waals surface area contributed by atoms with Crippen molar-refractivity contribution in [1.82, 2.24) is 14.5 Å². The van der Waals surface area contributed by atoms with Gasteiger partial charge in [0.05, 0.1) is 6.54 Å². The second kappa shape index (κ2) is 8.73. The molecule has 170 valence electrons. The summed E-state index contributed by atoms with van der Waals surface area (Å²) in [7, 11) is 0. The van der Waals surface area contributed by atoms with Gasteiger partial charge in [-0.15, -0.1) is 0 Å². The highest BCUT2D eigenvalue weighted by Gasteiger charge is 2.46. The van der Waals surface area contributed by atoms with Gasteiger partial charge in [0.25, 0.3) is 5.91 Å². The van der Waals surface area contributed by atoms with E-state index in [-0.39, 0.29) is 12.0 Å². The first-order valence-corrected chi connectivity index (χ1v) is 11.5. The van der Waals surface area contributed by atoms with Gasteiger partial charge in [0, 0.05) is 49.7 Å². The predicted octanol–water partition coefficient (Wildman–Crippen LogP) is 4.26. The number of nitrogens with zero attached hydrogens (tertiary/aromatic N) is 4. The molecule has 3 heterocycles. The van der Waals surface area contributed by atoms with Gasteiger partial charge in [-0.1, -0.05) is 36.4 Å². The number of likely N-dealkylation sites (tertiary alicyclic amines) is 1. The monoisotopic (exact) mass is 444 g/mol. The first-order chi connectivity index (χ1) is 16.0. The van der Waals surface area contributed by atoms with Gasteiger partial charge in [0.2, 0.25) is 0 Å². The minimum Gasteiger partial charge on any atom is -0.441 e. The molecule has 7 heteroatoms. The molecule has 1 aromatic heterocycles. The Kier molecular flexibility index (Phi) is 5.62. The quantitative estimate of drug-likeness (QED) is 0.603. The lowest BCUT2D eigenvalue weighted by Gasteiger charge is -2.26. The number of amides is 2. The van der Waals surface area contributed by atoms with E-state index in [9.17, 15) is 9.59 Å². The Morgan fingerprint density at radius 1 is 1.06 bits per heavy atom. The lowest BCUT2D eigenvalue weighted by Crippen LogP contribution is -2.37. The number of hydrogen-bond donors (Lipinski definition) is 0. The average molecular weight is 445 g/mol. The van der Waals surface area contributed by atoms with E-state index < -0.39 is 5.60 Å². The van der Waals surface area contributed by atoms with Gasteiger partial charge >= 0.3 is 6.09 Å². The number of carbonyl (C=O) groups is 2. The molecule has 5 rings (SSSR count). The summed E-state index contributed by atoms with van der Waals surface area (Å²) in [4.78, 5) is 34.1. The van der Waals surface area contributed by atoms with Crippen LogP contribution in [0, 0.1) is 6.92 Å². The molecule has 0 unspecified atom stereocenters. The highest BCUT2D eigenvalue weighted by molar-refractivity contribution is 5.96. The van der Waals surface area contributed by atoms with Crippen molar-refractivity contribution in [3.05, 3.63) is 83.9 Å². The molecule has 2 amide bonds. The molecule has 0 bridgehead atoms. The summed E-state index contributed by atoms with van der Waals surface area (Å²) >= 11 is 0. The number of carbonyl (C=O) groups excluding carboxylic acids is 2. The number of anilines is 1. The van der Waals surface area contributed by atoms with Crippen molar-refractivity contribution >= 4 is 17.7 Å². The fourth-order valence-electron chi connectivity index (χ4n) is 4.85. The number of imidazole rings is 1. The van der Waals surface area contributed by atoms with Gasteiger partial charge in [-0.25, -0.2) is 9.78 Å². The molecule has 0 N–H and O–H groups in total. The second-order valence-electron chi connectivity index (χ2n) is 8.88. The molecule has 2 aromatic carbocycles. The van der Waals surface area contributed by atoms with Gasteiger partial charge in [0.15, 0.2) is 0 Å². The van der Waals surface area contributed by atoms with Crippen LogP contribution in [0.5, 0.6) is 0 Å². The Morgan fingerprint density at radius 2 is 1.85 bits per heavy atom. The lowest BCUT2D eigenvalue weighted by atomic mass is 9.95. The molecular weight excluding hydrogens is 416 g/mol. The van der Waals surface area contributed by atoms with Crippen molar-refractivity contribution in [2.75, 3.05) is 24.5 Å². The summed E-state index contributed by atoms with van der Waals surface area (Å²) in [6, 6.07) is 17.4. The number of aromatic nitrogens is 2. The molecule has 33 heavy (non-hydrogen) atoms. The highest BCUT2D eigenvalue weighted by Crippen LogP contribution is 2.36. The first kappa shape index (κ1) is 21.2. The maximum Gasteiger partial charge on any atom is 0.415 e. The van der Waals surface area contributed by atoms with Gasteiger partial charge in [-0.05, 0) is 43.5 Å². The molecule has 1 atom stereocenters. The van der Waals surface area contributed by atoms with E-state index in [4.69, 9.17) is 4.74 Å². The third-order valence-corrected chi connectivity index (χ3v) is 6.74. The number of rotatable bonds is 4. The molecule has 0 radical (unpaired) electrons. The van der Waals surface area contributed by atoms with E-state index in [1.165, 1.54) is 0 Å². The number of benzene rings is 2. The van der Waals surface area contributed by atoms with Crippen LogP contribution in [0.15, 0.2) is 67.0 Å². The average Bonchev–Trinajstić information content (AvgIpc) is 3.31. The topological polar surface area (TPSA) is 67.7 Å². The minimum atomic E-state index is -0.546. The molecular formula is C26H28N4O3. The van der Waals surface area contributed by atoms with Crippen LogP contribution in [0.4, 0.5) is 10.5 Å². The van der Waals surface area contributed by atoms with E-state index in [0.29, 0.717) is 32.6 Å². The summed E-state index contributed by atoms with van der Waals surface area (Å²) in [6.07, 6.45) is 5.58. The Balaban J connectivity index is 1.31. The Morgan fingerprint density at radius 3 is 2.64 bits per heavy atom. The Hall–Kier alpha value is -3.61. The zero-order valence-electron chi connectivity index (χ0n) is 18.8. The zero-order chi connectivity index (χ0) is 22.8. The first-order valence-electron chi connectivity index (χ1n) is 11.5. The second-order valence-corrected chi connectivity index (χ2v) is 8.88. The van der Waals surface area contributed by atoms with Gasteiger partial charge in [-0.3, -0.25) is 9.69 Å². The van der Waals surface area contributed by atoms with Crippen molar-refractivity contribution in [1.29, 1.82) is 0 Å². The van der Waals surface area contributed by atoms with Crippen LogP contribution in [0.1, 0.15) is 41.0 Å². The highest BCUT2D eigenvalue weighted by atomic mass is 16.6. The van der Waals surface area contributed by atoms with Crippen LogP contribution in [0.2, 0.25) is 0 Å². The van der Waals surface area contributed by atoms with E-state index >= 15 is 0 Å². The SMILES string of the molecule is Cc1nccn1Cc1ccccc1C(=O)N1CCC[C@@]2(CC1)CN(c1ccccc1)C(=O)O2. The summed E-state index contributed by atoms with van der Waals surface area (Å²) in [5.41, 5.74) is 2.00. The normalized spacial score (nSPS) is 20.7. The van der Waals surface area contributed by atoms with Gasteiger partial charge in [0.1, 0.15) is 11.4 Å². The maximum absolute atomic E-state index is 13.5. The van der Waals surface area contributed by atoms with E-state index in [1.807, 2.05) is 77.2 Å². The number of aryl methyl sites for hydroxylation is 1. The standard InChI is InChI=1S/C26H28N4O3/c1-20-27-14-17-29(20)18-21-8-5-6-11-23(21)24(31)28-15-7-12-26(13-16-28)19-30(25(32)33-26)22-9-3-2-4-10-22/h2-6,8-11,14,17H,7,12-13,15-16,18-19H2,1H3/t26-/m1/s1. The van der Waals surface area contributed by atoms with Crippen LogP contribution in [0.3, 0.4) is 0 Å². The van der Waals surface area contributed by atoms with E-state index in [2.05, 4.69) is 4.98 Å². The van der Waals surface area contributed by atoms with Crippen molar-refractivity contribution in [2.45, 2.75) is 38.3 Å². The Bertz CT molecular complexity index is 1160. The van der Waals surface area contributed by atoms with Crippen LogP contribution in [-0.2, 0) is 11.3 Å². The van der Waals surface area contributed by atoms with Crippen molar-refractivity contribution in [3.8, 4) is 0 Å². The zero-order valence-corrected chi connectivity index (χ0v) is 18.8. The third-order valence-electron chi connectivity index (χ3n) is 6.74. The fraction of sp³-hybridized carbons (Fsp3) is 0.346. The molecule has 1 spiro atoms. The molecule has 0 saturated carbocycles. The van der Waals surface area contributed by atoms with Gasteiger partial charge in [-0.2, -0.15) is 0 Å². The molecule has 7 nitrogen and oxygen atoms in total. The number of para-hydroxylation sites is 1. The molecule has 2 saturated heterocycles.